The van der Waals surface area contributed by atoms with Gasteiger partial charge in [0.1, 0.15) is 5.82 Å². The van der Waals surface area contributed by atoms with E-state index in [2.05, 4.69) is 50.9 Å². The molecule has 0 unspecified atom stereocenters. The lowest BCUT2D eigenvalue weighted by Gasteiger charge is -2.05. The molecule has 1 aromatic carbocycles. The van der Waals surface area contributed by atoms with Gasteiger partial charge in [0.2, 0.25) is 0 Å². The fraction of sp³-hybridized carbons (Fsp3) is 0.143. The summed E-state index contributed by atoms with van der Waals surface area (Å²) in [5.74, 6) is 0.726. The highest BCUT2D eigenvalue weighted by Crippen LogP contribution is 2.20. The maximum absolute atomic E-state index is 6.04. The van der Waals surface area contributed by atoms with Gasteiger partial charge in [-0.3, -0.25) is 4.98 Å². The number of pyridine rings is 1. The Morgan fingerprint density at radius 2 is 2.16 bits per heavy atom. The highest BCUT2D eigenvalue weighted by molar-refractivity contribution is 14.1. The van der Waals surface area contributed by atoms with Gasteiger partial charge in [-0.05, 0) is 53.3 Å². The van der Waals surface area contributed by atoms with Crippen LogP contribution in [0.15, 0.2) is 36.5 Å². The zero-order valence-electron chi connectivity index (χ0n) is 10.5. The Hall–Kier alpha value is -1.63. The Morgan fingerprint density at radius 1 is 1.32 bits per heavy atom. The van der Waals surface area contributed by atoms with Crippen LogP contribution in [0.3, 0.4) is 0 Å². The summed E-state index contributed by atoms with van der Waals surface area (Å²) in [7, 11) is 0. The first-order chi connectivity index (χ1) is 9.15. The minimum Gasteiger partial charge on any atom is -0.383 e. The Morgan fingerprint density at radius 3 is 2.89 bits per heavy atom. The number of aromatic nitrogens is 3. The summed E-state index contributed by atoms with van der Waals surface area (Å²) in [4.78, 5) is 4.32. The minimum absolute atomic E-state index is 0.681. The van der Waals surface area contributed by atoms with Crippen molar-refractivity contribution in [1.82, 2.24) is 14.8 Å². The first kappa shape index (κ1) is 12.4. The molecule has 19 heavy (non-hydrogen) atoms. The van der Waals surface area contributed by atoms with Crippen molar-refractivity contribution in [1.29, 1.82) is 0 Å². The number of nitrogen functional groups attached to an aromatic ring is 1. The molecule has 4 nitrogen and oxygen atoms in total. The van der Waals surface area contributed by atoms with Gasteiger partial charge in [-0.15, -0.1) is 0 Å². The molecule has 0 aliphatic carbocycles. The van der Waals surface area contributed by atoms with Crippen LogP contribution in [0.2, 0.25) is 0 Å². The van der Waals surface area contributed by atoms with Crippen molar-refractivity contribution in [3.05, 3.63) is 51.4 Å². The molecule has 0 amide bonds. The molecule has 0 aliphatic heterocycles. The van der Waals surface area contributed by atoms with E-state index in [1.165, 1.54) is 5.56 Å². The number of nitrogens with zero attached hydrogens (tertiary/aromatic N) is 3. The van der Waals surface area contributed by atoms with Crippen molar-refractivity contribution in [2.24, 2.45) is 0 Å². The molecule has 0 saturated heterocycles. The topological polar surface area (TPSA) is 56.7 Å². The smallest absolute Gasteiger partial charge is 0.135 e. The van der Waals surface area contributed by atoms with Crippen LogP contribution < -0.4 is 5.73 Å². The molecule has 2 aromatic heterocycles. The van der Waals surface area contributed by atoms with Crippen LogP contribution in [0.25, 0.3) is 10.9 Å². The monoisotopic (exact) mass is 364 g/mol. The van der Waals surface area contributed by atoms with Gasteiger partial charge >= 0.3 is 0 Å². The van der Waals surface area contributed by atoms with E-state index >= 15 is 0 Å². The predicted octanol–water partition coefficient (Wildman–Crippen LogP) is 2.97. The largest absolute Gasteiger partial charge is 0.383 e. The van der Waals surface area contributed by atoms with Crippen LogP contribution in [0.5, 0.6) is 0 Å². The zero-order valence-corrected chi connectivity index (χ0v) is 12.6. The van der Waals surface area contributed by atoms with Gasteiger partial charge in [-0.2, -0.15) is 5.10 Å². The Bertz CT molecular complexity index is 748. The molecule has 0 spiro atoms. The van der Waals surface area contributed by atoms with Crippen molar-refractivity contribution < 1.29 is 0 Å². The van der Waals surface area contributed by atoms with Gasteiger partial charge in [0.05, 0.1) is 21.3 Å². The van der Waals surface area contributed by atoms with Gasteiger partial charge in [-0.25, -0.2) is 4.68 Å². The third kappa shape index (κ3) is 2.30. The van der Waals surface area contributed by atoms with E-state index in [9.17, 15) is 0 Å². The lowest BCUT2D eigenvalue weighted by Crippen LogP contribution is -2.06. The molecular weight excluding hydrogens is 351 g/mol. The summed E-state index contributed by atoms with van der Waals surface area (Å²) in [6.07, 6.45) is 1.80. The number of hydrogen-bond acceptors (Lipinski definition) is 3. The molecule has 2 heterocycles. The predicted molar refractivity (Wildman–Crippen MR) is 84.9 cm³/mol. The Labute approximate surface area is 124 Å². The lowest BCUT2D eigenvalue weighted by molar-refractivity contribution is 0.690. The van der Waals surface area contributed by atoms with Crippen LogP contribution in [-0.2, 0) is 6.54 Å². The number of rotatable bonds is 2. The van der Waals surface area contributed by atoms with Gasteiger partial charge < -0.3 is 5.73 Å². The number of halogens is 1. The van der Waals surface area contributed by atoms with E-state index in [0.29, 0.717) is 6.54 Å². The van der Waals surface area contributed by atoms with Gasteiger partial charge in [0, 0.05) is 11.6 Å². The summed E-state index contributed by atoms with van der Waals surface area (Å²) in [6.45, 7) is 2.65. The number of nitrogens with two attached hydrogens (primary N) is 1. The summed E-state index contributed by atoms with van der Waals surface area (Å²) in [5.41, 5.74) is 9.19. The normalized spacial score (nSPS) is 11.1. The summed E-state index contributed by atoms with van der Waals surface area (Å²) in [5, 5.41) is 5.59. The third-order valence-corrected chi connectivity index (χ3v) is 4.42. The summed E-state index contributed by atoms with van der Waals surface area (Å²) < 4.78 is 2.87. The third-order valence-electron chi connectivity index (χ3n) is 3.09. The Balaban J connectivity index is 1.98. The Kier molecular flexibility index (Phi) is 3.14. The number of fused-ring (bicyclic) bond motifs is 1. The maximum atomic E-state index is 6.04. The number of benzene rings is 1. The van der Waals surface area contributed by atoms with Crippen LogP contribution >= 0.6 is 22.6 Å². The average Bonchev–Trinajstić information content (AvgIpc) is 2.66. The number of anilines is 1. The fourth-order valence-corrected chi connectivity index (χ4v) is 2.48. The van der Waals surface area contributed by atoms with Crippen LogP contribution in [0.1, 0.15) is 11.3 Å². The van der Waals surface area contributed by atoms with Gasteiger partial charge in [-0.1, -0.05) is 12.1 Å². The van der Waals surface area contributed by atoms with E-state index < -0.39 is 0 Å². The van der Waals surface area contributed by atoms with Crippen LogP contribution in [0, 0.1) is 10.5 Å². The van der Waals surface area contributed by atoms with E-state index in [4.69, 9.17) is 5.73 Å². The molecule has 0 atom stereocenters. The summed E-state index contributed by atoms with van der Waals surface area (Å²) in [6, 6.07) is 10.2. The second kappa shape index (κ2) is 4.80. The van der Waals surface area contributed by atoms with Crippen LogP contribution in [-0.4, -0.2) is 14.8 Å². The first-order valence-electron chi connectivity index (χ1n) is 5.97. The minimum atomic E-state index is 0.681. The SMILES string of the molecule is Cc1nn(Cc2ccc3ncccc3c2)c(N)c1I. The molecule has 2 N–H and O–H groups in total. The van der Waals surface area contributed by atoms with Crippen molar-refractivity contribution in [3.8, 4) is 0 Å². The molecule has 3 rings (SSSR count). The molecule has 0 aliphatic rings. The van der Waals surface area contributed by atoms with E-state index in [1.54, 1.807) is 6.20 Å². The fourth-order valence-electron chi connectivity index (χ4n) is 2.09. The molecule has 0 saturated carbocycles. The highest BCUT2D eigenvalue weighted by atomic mass is 127. The van der Waals surface area contributed by atoms with E-state index in [1.807, 2.05) is 23.7 Å². The maximum Gasteiger partial charge on any atom is 0.135 e. The zero-order chi connectivity index (χ0) is 13.4. The molecule has 3 aromatic rings. The second-order valence-corrected chi connectivity index (χ2v) is 5.55. The molecule has 0 radical (unpaired) electrons. The number of hydrogen-bond donors (Lipinski definition) is 1. The van der Waals surface area contributed by atoms with Crippen molar-refractivity contribution in [2.75, 3.05) is 5.73 Å². The first-order valence-corrected chi connectivity index (χ1v) is 7.05. The van der Waals surface area contributed by atoms with Crippen LogP contribution in [0.4, 0.5) is 5.82 Å². The quantitative estimate of drug-likeness (QED) is 0.712. The van der Waals surface area contributed by atoms with E-state index in [0.717, 1.165) is 26.0 Å². The van der Waals surface area contributed by atoms with Crippen molar-refractivity contribution >= 4 is 39.3 Å². The van der Waals surface area contributed by atoms with Gasteiger partial charge in [0.15, 0.2) is 0 Å². The molecule has 5 heteroatoms. The molecule has 96 valence electrons. The standard InChI is InChI=1S/C14H13IN4/c1-9-13(15)14(16)19(18-9)8-10-4-5-12-11(7-10)3-2-6-17-12/h2-7H,8,16H2,1H3. The lowest BCUT2D eigenvalue weighted by atomic mass is 10.1. The summed E-state index contributed by atoms with van der Waals surface area (Å²) >= 11 is 2.23. The molecular formula is C14H13IN4. The van der Waals surface area contributed by atoms with Crippen molar-refractivity contribution in [2.45, 2.75) is 13.5 Å². The second-order valence-electron chi connectivity index (χ2n) is 4.47. The number of aryl methyl sites for hydroxylation is 1. The molecule has 0 bridgehead atoms. The highest BCUT2D eigenvalue weighted by Gasteiger charge is 2.09. The van der Waals surface area contributed by atoms with E-state index in [-0.39, 0.29) is 0 Å². The average molecular weight is 364 g/mol. The molecule has 0 fully saturated rings. The van der Waals surface area contributed by atoms with Crippen molar-refractivity contribution in [3.63, 3.8) is 0 Å². The van der Waals surface area contributed by atoms with Gasteiger partial charge in [0.25, 0.3) is 0 Å².